The molecule has 3 aliphatic rings. The van der Waals surface area contributed by atoms with Crippen LogP contribution in [0.3, 0.4) is 0 Å². The van der Waals surface area contributed by atoms with Crippen molar-refractivity contribution in [1.29, 1.82) is 0 Å². The number of morpholine rings is 1. The summed E-state index contributed by atoms with van der Waals surface area (Å²) in [7, 11) is -10.7. The Morgan fingerprint density at radius 3 is 2.34 bits per heavy atom. The number of ether oxygens (including phenoxy) is 1. The van der Waals surface area contributed by atoms with Crippen LogP contribution in [-0.2, 0) is 37.6 Å². The van der Waals surface area contributed by atoms with Crippen molar-refractivity contribution in [3.05, 3.63) is 125 Å². The van der Waals surface area contributed by atoms with E-state index in [2.05, 4.69) is 41.6 Å². The minimum atomic E-state index is -6.02. The zero-order chi connectivity index (χ0) is 47.3. The molecule has 12 nitrogen and oxygen atoms in total. The number of hydrogen-bond acceptors (Lipinski definition) is 12. The van der Waals surface area contributed by atoms with Crippen molar-refractivity contribution < 1.29 is 39.1 Å². The zero-order valence-electron chi connectivity index (χ0n) is 36.8. The summed E-state index contributed by atoms with van der Waals surface area (Å²) >= 11 is 7.61. The van der Waals surface area contributed by atoms with Crippen molar-refractivity contribution in [2.24, 2.45) is 0 Å². The number of benzene rings is 4. The average molecular weight is 1000 g/mol. The van der Waals surface area contributed by atoms with Crippen molar-refractivity contribution >= 4 is 54.7 Å². The van der Waals surface area contributed by atoms with Crippen LogP contribution in [0.15, 0.2) is 112 Å². The smallest absolute Gasteiger partial charge is 0.380 e. The molecular formula is C47H52ClF4N7O5S3. The Hall–Kier alpha value is -4.34. The van der Waals surface area contributed by atoms with E-state index in [1.807, 2.05) is 54.6 Å². The number of halogens is 5. The quantitative estimate of drug-likeness (QED) is 0.0722. The first-order chi connectivity index (χ1) is 32.1. The first kappa shape index (κ1) is 49.1. The van der Waals surface area contributed by atoms with Crippen molar-refractivity contribution in [2.45, 2.75) is 77.5 Å². The van der Waals surface area contributed by atoms with Gasteiger partial charge in [0.1, 0.15) is 22.9 Å². The number of sulfonamides is 1. The third-order valence-corrected chi connectivity index (χ3v) is 17.0. The lowest BCUT2D eigenvalue weighted by molar-refractivity contribution is -0.0435. The van der Waals surface area contributed by atoms with Gasteiger partial charge in [-0.15, -0.1) is 11.8 Å². The van der Waals surface area contributed by atoms with Gasteiger partial charge in [-0.2, -0.15) is 13.2 Å². The highest BCUT2D eigenvalue weighted by atomic mass is 35.5. The first-order valence-corrected chi connectivity index (χ1v) is 26.5. The second-order valence-corrected chi connectivity index (χ2v) is 22.1. The van der Waals surface area contributed by atoms with E-state index in [4.69, 9.17) is 16.3 Å². The monoisotopic (exact) mass is 1000 g/mol. The van der Waals surface area contributed by atoms with Crippen LogP contribution in [0, 0.1) is 5.82 Å². The predicted molar refractivity (Wildman–Crippen MR) is 253 cm³/mol. The van der Waals surface area contributed by atoms with Crippen LogP contribution in [0.1, 0.15) is 49.0 Å². The Bertz CT molecular complexity index is 2730. The maximum atomic E-state index is 14.6. The lowest BCUT2D eigenvalue weighted by atomic mass is 9.92. The summed E-state index contributed by atoms with van der Waals surface area (Å²) < 4.78 is 120. The molecule has 1 aromatic heterocycles. The van der Waals surface area contributed by atoms with Crippen LogP contribution in [0.4, 0.5) is 29.1 Å². The molecule has 4 aromatic carbocycles. The standard InChI is InChI=1S/C47H52ClF4N7O5S3/c1-32(42-27-35(49)11-13-40(42)33-7-9-34(48)10-8-33)58-20-16-37(17-21-58)59-22-18-41-44(29-59)53-31-54-46(41)56-67(62,63)39-12-14-43(45(28-39)66(60,61)47(50,51)52)55-36(15-19-57-23-25-64-26-24-57)30-65-38-5-3-2-4-6-38/h2-14,27-28,31-32,36-37,55H,15-26,29-30H2,1H3,(H,53,54,56)/t32?,36-/m1/s1. The van der Waals surface area contributed by atoms with Gasteiger partial charge >= 0.3 is 5.51 Å². The average Bonchev–Trinajstić information content (AvgIpc) is 3.32. The SMILES string of the molecule is CC(c1cc(F)ccc1-c1ccc(Cl)cc1)N1CCC(N2CCc3c(ncnc3NS(=O)(=O)c3ccc(N[C@H](CCN4CCOCC4)CSc4ccccc4)c(S(=O)(=O)C(F)(F)F)c3)C2)CC1. The Morgan fingerprint density at radius 2 is 1.63 bits per heavy atom. The molecule has 1 unspecified atom stereocenters. The molecule has 3 aliphatic heterocycles. The molecule has 8 rings (SSSR count). The molecule has 4 heterocycles. The number of hydrogen-bond donors (Lipinski definition) is 2. The van der Waals surface area contributed by atoms with Crippen LogP contribution in [0.5, 0.6) is 0 Å². The van der Waals surface area contributed by atoms with Gasteiger partial charge in [0.15, 0.2) is 0 Å². The Morgan fingerprint density at radius 1 is 0.896 bits per heavy atom. The number of rotatable bonds is 16. The summed E-state index contributed by atoms with van der Waals surface area (Å²) in [6, 6.07) is 24.2. The fourth-order valence-electron chi connectivity index (χ4n) is 9.00. The number of aromatic nitrogens is 2. The molecule has 67 heavy (non-hydrogen) atoms. The van der Waals surface area contributed by atoms with Crippen LogP contribution < -0.4 is 10.0 Å². The molecule has 5 aromatic rings. The highest BCUT2D eigenvalue weighted by Crippen LogP contribution is 2.39. The molecule has 0 amide bonds. The Kier molecular flexibility index (Phi) is 15.5. The highest BCUT2D eigenvalue weighted by molar-refractivity contribution is 7.99. The second-order valence-electron chi connectivity index (χ2n) is 17.0. The molecule has 0 saturated carbocycles. The lowest BCUT2D eigenvalue weighted by Gasteiger charge is -2.42. The topological polar surface area (TPSA) is 137 Å². The van der Waals surface area contributed by atoms with Crippen molar-refractivity contribution in [2.75, 3.05) is 68.3 Å². The third-order valence-electron chi connectivity index (χ3n) is 12.8. The maximum absolute atomic E-state index is 14.6. The Labute approximate surface area is 398 Å². The number of fused-ring (bicyclic) bond motifs is 1. The molecule has 0 aliphatic carbocycles. The molecular weight excluding hydrogens is 950 g/mol. The highest BCUT2D eigenvalue weighted by Gasteiger charge is 2.48. The van der Waals surface area contributed by atoms with Gasteiger partial charge in [0.2, 0.25) is 0 Å². The first-order valence-electron chi connectivity index (χ1n) is 22.1. The van der Waals surface area contributed by atoms with E-state index in [9.17, 15) is 34.4 Å². The molecule has 0 bridgehead atoms. The zero-order valence-corrected chi connectivity index (χ0v) is 40.0. The van der Waals surface area contributed by atoms with Gasteiger partial charge in [0.05, 0.1) is 29.5 Å². The number of alkyl halides is 3. The molecule has 2 fully saturated rings. The van der Waals surface area contributed by atoms with Gasteiger partial charge in [0.25, 0.3) is 19.9 Å². The van der Waals surface area contributed by atoms with Crippen LogP contribution in [0.2, 0.25) is 5.02 Å². The summed E-state index contributed by atoms with van der Waals surface area (Å²) in [4.78, 5) is 14.6. The molecule has 20 heteroatoms. The molecule has 2 atom stereocenters. The number of sulfone groups is 1. The van der Waals surface area contributed by atoms with Gasteiger partial charge in [-0.3, -0.25) is 19.4 Å². The van der Waals surface area contributed by atoms with E-state index in [-0.39, 0.29) is 29.4 Å². The lowest BCUT2D eigenvalue weighted by Crippen LogP contribution is -2.47. The minimum Gasteiger partial charge on any atom is -0.380 e. The van der Waals surface area contributed by atoms with Gasteiger partial charge in [0, 0.05) is 85.2 Å². The second kappa shape index (κ2) is 21.1. The minimum absolute atomic E-state index is 0.0246. The number of nitrogens with zero attached hydrogens (tertiary/aromatic N) is 5. The summed E-state index contributed by atoms with van der Waals surface area (Å²) in [5.41, 5.74) is -2.11. The van der Waals surface area contributed by atoms with Crippen LogP contribution >= 0.6 is 23.4 Å². The number of nitrogens with one attached hydrogen (secondary N) is 2. The predicted octanol–water partition coefficient (Wildman–Crippen LogP) is 8.91. The van der Waals surface area contributed by atoms with E-state index < -0.39 is 41.2 Å². The van der Waals surface area contributed by atoms with E-state index in [1.165, 1.54) is 24.2 Å². The van der Waals surface area contributed by atoms with Gasteiger partial charge in [-0.25, -0.2) is 31.2 Å². The maximum Gasteiger partial charge on any atom is 0.501 e. The van der Waals surface area contributed by atoms with Gasteiger partial charge in [-0.05, 0) is 104 Å². The van der Waals surface area contributed by atoms with Crippen molar-refractivity contribution in [1.82, 2.24) is 24.7 Å². The van der Waals surface area contributed by atoms with E-state index in [0.717, 1.165) is 59.6 Å². The summed E-state index contributed by atoms with van der Waals surface area (Å²) in [6.07, 6.45) is 3.76. The van der Waals surface area contributed by atoms with Gasteiger partial charge in [-0.1, -0.05) is 48.0 Å². The number of anilines is 2. The summed E-state index contributed by atoms with van der Waals surface area (Å²) in [5, 5.41) is 3.67. The summed E-state index contributed by atoms with van der Waals surface area (Å²) in [5.74, 6) is 0.0611. The fourth-order valence-corrected chi connectivity index (χ4v) is 12.2. The number of thioether (sulfide) groups is 1. The van der Waals surface area contributed by atoms with Crippen LogP contribution in [0.25, 0.3) is 11.1 Å². The molecule has 2 saturated heterocycles. The van der Waals surface area contributed by atoms with Crippen LogP contribution in [-0.4, -0.2) is 117 Å². The van der Waals surface area contributed by atoms with Crippen molar-refractivity contribution in [3.8, 4) is 11.1 Å². The van der Waals surface area contributed by atoms with E-state index in [0.29, 0.717) is 86.9 Å². The van der Waals surface area contributed by atoms with E-state index in [1.54, 1.807) is 12.1 Å². The van der Waals surface area contributed by atoms with E-state index >= 15 is 0 Å². The number of piperidine rings is 1. The molecule has 358 valence electrons. The third kappa shape index (κ3) is 11.8. The summed E-state index contributed by atoms with van der Waals surface area (Å²) in [6.45, 7) is 7.68. The molecule has 2 N–H and O–H groups in total. The van der Waals surface area contributed by atoms with Gasteiger partial charge < -0.3 is 10.1 Å². The molecule has 0 radical (unpaired) electrons. The largest absolute Gasteiger partial charge is 0.501 e. The fraction of sp³-hybridized carbons (Fsp3) is 0.404. The normalized spacial score (nSPS) is 18.0. The molecule has 0 spiro atoms. The number of likely N-dealkylation sites (tertiary alicyclic amines) is 1. The Balaban J connectivity index is 0.961. The van der Waals surface area contributed by atoms with Crippen molar-refractivity contribution in [3.63, 3.8) is 0 Å².